The molecule has 2 N–H and O–H groups in total. The van der Waals surface area contributed by atoms with Crippen molar-refractivity contribution in [3.05, 3.63) is 27.8 Å². The predicted octanol–water partition coefficient (Wildman–Crippen LogP) is 2.05. The number of benzene rings is 1. The maximum Gasteiger partial charge on any atom is 0.279 e. The fraction of sp³-hybridized carbons (Fsp3) is 0.200. The van der Waals surface area contributed by atoms with Crippen LogP contribution >= 0.6 is 34.4 Å². The van der Waals surface area contributed by atoms with Crippen LogP contribution in [0.25, 0.3) is 0 Å². The lowest BCUT2D eigenvalue weighted by molar-refractivity contribution is -0.117. The van der Waals surface area contributed by atoms with Crippen LogP contribution in [0.1, 0.15) is 0 Å². The average Bonchev–Trinajstić information content (AvgIpc) is 2.68. The Bertz CT molecular complexity index is 439. The van der Waals surface area contributed by atoms with E-state index in [4.69, 9.17) is 0 Å². The van der Waals surface area contributed by atoms with Crippen LogP contribution in [-0.2, 0) is 4.79 Å². The highest BCUT2D eigenvalue weighted by Gasteiger charge is 2.28. The minimum Gasteiger partial charge on any atom is -0.334 e. The van der Waals surface area contributed by atoms with Crippen LogP contribution in [0.3, 0.4) is 0 Å². The summed E-state index contributed by atoms with van der Waals surface area (Å²) in [4.78, 5) is 22.7. The van der Waals surface area contributed by atoms with Gasteiger partial charge in [-0.05, 0) is 34.7 Å². The standard InChI is InChI=1S/C10H9IN2O2S/c11-6-3-1-2-4-7(6)12-9(14)8-5-16-10(15)13-8/h1-4,8H,5H2,(H,12,14)(H,13,15). The third-order valence-electron chi connectivity index (χ3n) is 2.12. The molecule has 0 aliphatic carbocycles. The minimum atomic E-state index is -0.423. The molecule has 0 spiro atoms. The molecule has 1 atom stereocenters. The first-order valence-electron chi connectivity index (χ1n) is 4.65. The molecule has 0 bridgehead atoms. The molecule has 1 aliphatic heterocycles. The largest absolute Gasteiger partial charge is 0.334 e. The Balaban J connectivity index is 2.03. The van der Waals surface area contributed by atoms with Crippen LogP contribution in [0.4, 0.5) is 10.5 Å². The fourth-order valence-electron chi connectivity index (χ4n) is 1.31. The minimum absolute atomic E-state index is 0.136. The molecule has 16 heavy (non-hydrogen) atoms. The molecule has 1 saturated heterocycles. The van der Waals surface area contributed by atoms with Crippen LogP contribution in [0.5, 0.6) is 0 Å². The summed E-state index contributed by atoms with van der Waals surface area (Å²) in [6.07, 6.45) is 0. The molecule has 6 heteroatoms. The van der Waals surface area contributed by atoms with Crippen LogP contribution in [0, 0.1) is 3.57 Å². The Morgan fingerprint density at radius 2 is 2.25 bits per heavy atom. The summed E-state index contributed by atoms with van der Waals surface area (Å²) in [5.41, 5.74) is 0.777. The van der Waals surface area contributed by atoms with Crippen LogP contribution in [0.2, 0.25) is 0 Å². The summed E-state index contributed by atoms with van der Waals surface area (Å²) >= 11 is 3.29. The van der Waals surface area contributed by atoms with Crippen molar-refractivity contribution in [1.29, 1.82) is 0 Å². The van der Waals surface area contributed by atoms with Gasteiger partial charge in [0.15, 0.2) is 0 Å². The van der Waals surface area contributed by atoms with Crippen molar-refractivity contribution in [2.24, 2.45) is 0 Å². The number of anilines is 1. The molecule has 4 nitrogen and oxygen atoms in total. The van der Waals surface area contributed by atoms with Crippen molar-refractivity contribution in [2.45, 2.75) is 6.04 Å². The Morgan fingerprint density at radius 3 is 2.88 bits per heavy atom. The van der Waals surface area contributed by atoms with Crippen LogP contribution < -0.4 is 10.6 Å². The first-order valence-corrected chi connectivity index (χ1v) is 6.72. The molecule has 0 radical (unpaired) electrons. The Hall–Kier alpha value is -0.760. The van der Waals surface area contributed by atoms with E-state index in [1.54, 1.807) is 0 Å². The van der Waals surface area contributed by atoms with E-state index in [1.807, 2.05) is 24.3 Å². The van der Waals surface area contributed by atoms with E-state index < -0.39 is 6.04 Å². The Labute approximate surface area is 111 Å². The van der Waals surface area contributed by atoms with E-state index in [0.29, 0.717) is 5.75 Å². The van der Waals surface area contributed by atoms with E-state index in [1.165, 1.54) is 0 Å². The highest BCUT2D eigenvalue weighted by Crippen LogP contribution is 2.19. The monoisotopic (exact) mass is 348 g/mol. The molecule has 1 aromatic rings. The number of nitrogens with one attached hydrogen (secondary N) is 2. The van der Waals surface area contributed by atoms with E-state index in [0.717, 1.165) is 21.0 Å². The molecule has 1 unspecified atom stereocenters. The lowest BCUT2D eigenvalue weighted by Gasteiger charge is -2.11. The van der Waals surface area contributed by atoms with Gasteiger partial charge in [-0.2, -0.15) is 0 Å². The zero-order valence-electron chi connectivity index (χ0n) is 8.20. The van der Waals surface area contributed by atoms with Crippen molar-refractivity contribution in [3.8, 4) is 0 Å². The quantitative estimate of drug-likeness (QED) is 0.805. The number of para-hydroxylation sites is 1. The van der Waals surface area contributed by atoms with Crippen LogP contribution in [0.15, 0.2) is 24.3 Å². The van der Waals surface area contributed by atoms with E-state index >= 15 is 0 Å². The number of halogens is 1. The predicted molar refractivity (Wildman–Crippen MR) is 72.6 cm³/mol. The zero-order valence-corrected chi connectivity index (χ0v) is 11.2. The average molecular weight is 348 g/mol. The zero-order chi connectivity index (χ0) is 11.5. The summed E-state index contributed by atoms with van der Waals surface area (Å²) in [7, 11) is 0. The Morgan fingerprint density at radius 1 is 1.50 bits per heavy atom. The molecular formula is C10H9IN2O2S. The molecule has 0 aromatic heterocycles. The molecule has 84 valence electrons. The number of amides is 2. The van der Waals surface area contributed by atoms with E-state index in [2.05, 4.69) is 33.2 Å². The third-order valence-corrected chi connectivity index (χ3v) is 3.94. The first kappa shape index (κ1) is 11.7. The molecule has 2 rings (SSSR count). The van der Waals surface area contributed by atoms with Gasteiger partial charge in [-0.1, -0.05) is 23.9 Å². The van der Waals surface area contributed by atoms with Gasteiger partial charge in [0, 0.05) is 9.32 Å². The van der Waals surface area contributed by atoms with Gasteiger partial charge >= 0.3 is 0 Å². The van der Waals surface area contributed by atoms with Gasteiger partial charge in [0.1, 0.15) is 6.04 Å². The molecule has 2 amide bonds. The van der Waals surface area contributed by atoms with Crippen molar-refractivity contribution < 1.29 is 9.59 Å². The van der Waals surface area contributed by atoms with E-state index in [9.17, 15) is 9.59 Å². The number of rotatable bonds is 2. The molecule has 0 saturated carbocycles. The van der Waals surface area contributed by atoms with Crippen molar-refractivity contribution >= 4 is 51.2 Å². The van der Waals surface area contributed by atoms with Crippen LogP contribution in [-0.4, -0.2) is 22.9 Å². The summed E-state index contributed by atoms with van der Waals surface area (Å²) in [5, 5.41) is 5.26. The molecule has 1 aliphatic rings. The molecular weight excluding hydrogens is 339 g/mol. The normalized spacial score (nSPS) is 19.3. The second-order valence-electron chi connectivity index (χ2n) is 3.26. The van der Waals surface area contributed by atoms with Crippen molar-refractivity contribution in [3.63, 3.8) is 0 Å². The molecule has 1 fully saturated rings. The lowest BCUT2D eigenvalue weighted by atomic mass is 10.3. The highest BCUT2D eigenvalue weighted by atomic mass is 127. The maximum atomic E-state index is 11.8. The number of thioether (sulfide) groups is 1. The summed E-state index contributed by atoms with van der Waals surface area (Å²) in [6.45, 7) is 0. The first-order chi connectivity index (χ1) is 7.66. The summed E-state index contributed by atoms with van der Waals surface area (Å²) in [5.74, 6) is 0.330. The Kier molecular flexibility index (Phi) is 3.70. The molecule has 1 heterocycles. The highest BCUT2D eigenvalue weighted by molar-refractivity contribution is 14.1. The van der Waals surface area contributed by atoms with Gasteiger partial charge in [0.2, 0.25) is 5.91 Å². The SMILES string of the molecule is O=C1NC(C(=O)Nc2ccccc2I)CS1. The number of hydrogen-bond donors (Lipinski definition) is 2. The second-order valence-corrected chi connectivity index (χ2v) is 5.42. The van der Waals surface area contributed by atoms with Gasteiger partial charge < -0.3 is 10.6 Å². The van der Waals surface area contributed by atoms with E-state index in [-0.39, 0.29) is 11.1 Å². The lowest BCUT2D eigenvalue weighted by Crippen LogP contribution is -2.38. The summed E-state index contributed by atoms with van der Waals surface area (Å²) in [6, 6.07) is 7.10. The molecule has 1 aromatic carbocycles. The van der Waals surface area contributed by atoms with Gasteiger partial charge in [0.05, 0.1) is 5.69 Å². The van der Waals surface area contributed by atoms with Gasteiger partial charge in [-0.3, -0.25) is 9.59 Å². The third kappa shape index (κ3) is 2.67. The van der Waals surface area contributed by atoms with Gasteiger partial charge in [-0.15, -0.1) is 0 Å². The smallest absolute Gasteiger partial charge is 0.279 e. The van der Waals surface area contributed by atoms with Gasteiger partial charge in [0.25, 0.3) is 5.24 Å². The second kappa shape index (κ2) is 5.05. The number of carbonyl (C=O) groups excluding carboxylic acids is 2. The topological polar surface area (TPSA) is 58.2 Å². The van der Waals surface area contributed by atoms with Crippen molar-refractivity contribution in [2.75, 3.05) is 11.1 Å². The maximum absolute atomic E-state index is 11.8. The number of carbonyl (C=O) groups is 2. The number of hydrogen-bond acceptors (Lipinski definition) is 3. The summed E-state index contributed by atoms with van der Waals surface area (Å²) < 4.78 is 0.977. The van der Waals surface area contributed by atoms with Gasteiger partial charge in [-0.25, -0.2) is 0 Å². The fourth-order valence-corrected chi connectivity index (χ4v) is 2.61. The van der Waals surface area contributed by atoms with Crippen molar-refractivity contribution in [1.82, 2.24) is 5.32 Å².